The maximum atomic E-state index is 5.30. The molecule has 2 aromatic heterocycles. The highest BCUT2D eigenvalue weighted by molar-refractivity contribution is 14.0. The molecular weight excluding hydrogens is 395 g/mol. The summed E-state index contributed by atoms with van der Waals surface area (Å²) in [5.41, 5.74) is 0. The Morgan fingerprint density at radius 2 is 2.32 bits per heavy atom. The molecule has 8 heteroatoms. The lowest BCUT2D eigenvalue weighted by Crippen LogP contribution is -2.38. The Morgan fingerprint density at radius 3 is 3.09 bits per heavy atom. The highest BCUT2D eigenvalue weighted by atomic mass is 127. The number of aryl methyl sites for hydroxylation is 1. The van der Waals surface area contributed by atoms with Crippen molar-refractivity contribution in [3.63, 3.8) is 0 Å². The maximum absolute atomic E-state index is 5.30. The van der Waals surface area contributed by atoms with Gasteiger partial charge in [0.1, 0.15) is 11.6 Å². The van der Waals surface area contributed by atoms with Crippen LogP contribution < -0.4 is 10.6 Å². The van der Waals surface area contributed by atoms with E-state index in [-0.39, 0.29) is 24.0 Å². The van der Waals surface area contributed by atoms with Crippen LogP contribution >= 0.6 is 24.0 Å². The summed E-state index contributed by atoms with van der Waals surface area (Å²) in [6.07, 6.45) is 4.71. The Morgan fingerprint density at radius 1 is 1.41 bits per heavy atom. The van der Waals surface area contributed by atoms with Crippen LogP contribution in [0.25, 0.3) is 0 Å². The van der Waals surface area contributed by atoms with Crippen molar-refractivity contribution in [3.05, 3.63) is 35.8 Å². The van der Waals surface area contributed by atoms with Gasteiger partial charge in [0.25, 0.3) is 0 Å². The molecule has 0 saturated carbocycles. The fourth-order valence-electron chi connectivity index (χ4n) is 2.48. The van der Waals surface area contributed by atoms with E-state index in [1.165, 1.54) is 0 Å². The van der Waals surface area contributed by atoms with Gasteiger partial charge in [0.15, 0.2) is 11.8 Å². The molecule has 0 atom stereocenters. The summed E-state index contributed by atoms with van der Waals surface area (Å²) in [5, 5.41) is 14.9. The second kappa shape index (κ2) is 8.16. The minimum absolute atomic E-state index is 0. The zero-order valence-corrected chi connectivity index (χ0v) is 14.9. The molecule has 0 aromatic carbocycles. The number of nitrogens with one attached hydrogen (secondary N) is 2. The second-order valence-electron chi connectivity index (χ2n) is 4.97. The monoisotopic (exact) mass is 416 g/mol. The first-order valence-electron chi connectivity index (χ1n) is 7.24. The Bertz CT molecular complexity index is 607. The maximum Gasteiger partial charge on any atom is 0.191 e. The summed E-state index contributed by atoms with van der Waals surface area (Å²) in [4.78, 5) is 4.21. The highest BCUT2D eigenvalue weighted by Crippen LogP contribution is 2.13. The van der Waals surface area contributed by atoms with E-state index in [4.69, 9.17) is 4.42 Å². The number of hydrogen-bond acceptors (Lipinski definition) is 4. The average Bonchev–Trinajstić information content (AvgIpc) is 3.20. The molecule has 0 unspecified atom stereocenters. The molecule has 1 aliphatic heterocycles. The Hall–Kier alpha value is -1.58. The third-order valence-corrected chi connectivity index (χ3v) is 3.57. The molecule has 3 heterocycles. The van der Waals surface area contributed by atoms with E-state index in [0.29, 0.717) is 6.54 Å². The van der Waals surface area contributed by atoms with Gasteiger partial charge in [-0.05, 0) is 18.6 Å². The van der Waals surface area contributed by atoms with Crippen molar-refractivity contribution in [3.8, 4) is 0 Å². The summed E-state index contributed by atoms with van der Waals surface area (Å²) in [6, 6.07) is 3.87. The van der Waals surface area contributed by atoms with E-state index < -0.39 is 0 Å². The summed E-state index contributed by atoms with van der Waals surface area (Å²) in [7, 11) is 1.76. The van der Waals surface area contributed by atoms with Crippen molar-refractivity contribution in [2.24, 2.45) is 4.99 Å². The lowest BCUT2D eigenvalue weighted by Gasteiger charge is -2.11. The third kappa shape index (κ3) is 3.99. The molecule has 0 radical (unpaired) electrons. The van der Waals surface area contributed by atoms with Crippen molar-refractivity contribution in [2.75, 3.05) is 13.6 Å². The van der Waals surface area contributed by atoms with E-state index in [1.54, 1.807) is 13.3 Å². The predicted octanol–water partition coefficient (Wildman–Crippen LogP) is 1.34. The zero-order valence-electron chi connectivity index (χ0n) is 12.6. The SMILES string of the molecule is CN=C(NCCc1ccco1)NCc1nnc2n1CCC2.I. The van der Waals surface area contributed by atoms with E-state index in [1.807, 2.05) is 12.1 Å². The number of guanidine groups is 1. The molecule has 2 aromatic rings. The number of aromatic nitrogens is 3. The van der Waals surface area contributed by atoms with Crippen LogP contribution in [0.4, 0.5) is 0 Å². The summed E-state index contributed by atoms with van der Waals surface area (Å²) in [6.45, 7) is 2.42. The molecule has 0 aliphatic carbocycles. The molecule has 0 amide bonds. The topological polar surface area (TPSA) is 80.3 Å². The standard InChI is InChI=1S/C14H20N6O.HI/c1-15-14(16-7-6-11-4-3-9-21-11)17-10-13-19-18-12-5-2-8-20(12)13;/h3-4,9H,2,5-8,10H2,1H3,(H2,15,16,17);1H. The van der Waals surface area contributed by atoms with Gasteiger partial charge in [-0.3, -0.25) is 4.99 Å². The number of nitrogens with zero attached hydrogens (tertiary/aromatic N) is 4. The number of fused-ring (bicyclic) bond motifs is 1. The van der Waals surface area contributed by atoms with Gasteiger partial charge in [-0.1, -0.05) is 0 Å². The van der Waals surface area contributed by atoms with Crippen LogP contribution in [-0.2, 0) is 25.9 Å². The van der Waals surface area contributed by atoms with Gasteiger partial charge in [0.05, 0.1) is 12.8 Å². The molecule has 7 nitrogen and oxygen atoms in total. The van der Waals surface area contributed by atoms with E-state index in [2.05, 4.69) is 30.4 Å². The lowest BCUT2D eigenvalue weighted by atomic mass is 10.3. The molecule has 0 saturated heterocycles. The summed E-state index contributed by atoms with van der Waals surface area (Å²) in [5.74, 6) is 3.79. The van der Waals surface area contributed by atoms with Crippen LogP contribution in [0.2, 0.25) is 0 Å². The predicted molar refractivity (Wildman–Crippen MR) is 94.4 cm³/mol. The van der Waals surface area contributed by atoms with Crippen LogP contribution in [0.3, 0.4) is 0 Å². The molecule has 2 N–H and O–H groups in total. The van der Waals surface area contributed by atoms with E-state index in [9.17, 15) is 0 Å². The van der Waals surface area contributed by atoms with Gasteiger partial charge < -0.3 is 19.6 Å². The molecule has 22 heavy (non-hydrogen) atoms. The van der Waals surface area contributed by atoms with Gasteiger partial charge in [-0.25, -0.2) is 0 Å². The number of halogens is 1. The molecule has 0 bridgehead atoms. The Kier molecular flexibility index (Phi) is 6.22. The number of rotatable bonds is 5. The van der Waals surface area contributed by atoms with Crippen molar-refractivity contribution in [1.82, 2.24) is 25.4 Å². The summed E-state index contributed by atoms with van der Waals surface area (Å²) < 4.78 is 7.48. The number of aliphatic imine (C=N–C) groups is 1. The highest BCUT2D eigenvalue weighted by Gasteiger charge is 2.16. The van der Waals surface area contributed by atoms with Crippen LogP contribution in [0.5, 0.6) is 0 Å². The average molecular weight is 416 g/mol. The Balaban J connectivity index is 0.00000176. The smallest absolute Gasteiger partial charge is 0.191 e. The minimum atomic E-state index is 0. The van der Waals surface area contributed by atoms with Crippen molar-refractivity contribution >= 4 is 29.9 Å². The molecule has 0 fully saturated rings. The van der Waals surface area contributed by atoms with Gasteiger partial charge >= 0.3 is 0 Å². The van der Waals surface area contributed by atoms with E-state index >= 15 is 0 Å². The molecule has 1 aliphatic rings. The first-order valence-corrected chi connectivity index (χ1v) is 7.24. The minimum Gasteiger partial charge on any atom is -0.469 e. The van der Waals surface area contributed by atoms with Crippen molar-refractivity contribution in [1.29, 1.82) is 0 Å². The quantitative estimate of drug-likeness (QED) is 0.437. The molecular formula is C14H21IN6O. The van der Waals surface area contributed by atoms with Gasteiger partial charge in [-0.15, -0.1) is 34.2 Å². The first kappa shape index (κ1) is 16.8. The van der Waals surface area contributed by atoms with Crippen molar-refractivity contribution < 1.29 is 4.42 Å². The first-order chi connectivity index (χ1) is 10.4. The second-order valence-corrected chi connectivity index (χ2v) is 4.97. The van der Waals surface area contributed by atoms with Gasteiger partial charge in [0, 0.05) is 33.0 Å². The fourth-order valence-corrected chi connectivity index (χ4v) is 2.48. The van der Waals surface area contributed by atoms with Crippen LogP contribution in [0.1, 0.15) is 23.8 Å². The van der Waals surface area contributed by atoms with Crippen molar-refractivity contribution in [2.45, 2.75) is 32.4 Å². The van der Waals surface area contributed by atoms with Crippen LogP contribution in [0.15, 0.2) is 27.8 Å². The normalized spacial score (nSPS) is 13.6. The number of furan rings is 1. The van der Waals surface area contributed by atoms with E-state index in [0.717, 1.165) is 55.7 Å². The van der Waals surface area contributed by atoms with Crippen LogP contribution in [-0.4, -0.2) is 34.3 Å². The summed E-state index contributed by atoms with van der Waals surface area (Å²) >= 11 is 0. The zero-order chi connectivity index (χ0) is 14.5. The van der Waals surface area contributed by atoms with Gasteiger partial charge in [0.2, 0.25) is 0 Å². The Labute approximate surface area is 146 Å². The van der Waals surface area contributed by atoms with Crippen LogP contribution in [0, 0.1) is 0 Å². The molecule has 0 spiro atoms. The molecule has 3 rings (SSSR count). The fraction of sp³-hybridized carbons (Fsp3) is 0.500. The third-order valence-electron chi connectivity index (χ3n) is 3.57. The van der Waals surface area contributed by atoms with Gasteiger partial charge in [-0.2, -0.15) is 0 Å². The number of hydrogen-bond donors (Lipinski definition) is 2. The molecule has 120 valence electrons. The largest absolute Gasteiger partial charge is 0.469 e. The lowest BCUT2D eigenvalue weighted by molar-refractivity contribution is 0.506.